The predicted molar refractivity (Wildman–Crippen MR) is 105 cm³/mol. The van der Waals surface area contributed by atoms with Crippen LogP contribution in [0.15, 0.2) is 60.9 Å². The first kappa shape index (κ1) is 16.9. The van der Waals surface area contributed by atoms with Gasteiger partial charge < -0.3 is 4.90 Å². The van der Waals surface area contributed by atoms with Crippen molar-refractivity contribution in [3.8, 4) is 11.4 Å². The van der Waals surface area contributed by atoms with Gasteiger partial charge in [-0.05, 0) is 56.3 Å². The summed E-state index contributed by atoms with van der Waals surface area (Å²) in [5, 5.41) is 0. The molecule has 0 aliphatic rings. The van der Waals surface area contributed by atoms with E-state index in [4.69, 9.17) is 4.98 Å². The summed E-state index contributed by atoms with van der Waals surface area (Å²) in [4.78, 5) is 27.1. The maximum Gasteiger partial charge on any atom is 0.230 e. The number of Topliss-reactive ketones (excluding diaryl/α,β-unsaturated/α-hetero) is 1. The standard InChI is InChI=1S/C21H19N5O/c1-14-20(26-13-5-4-6-19(26)23-14)18-11-12-22-21(24-18)25(3)17-9-7-16(8-10-17)15(2)27/h4-13H,1-3H3. The van der Waals surface area contributed by atoms with Crippen molar-refractivity contribution in [2.45, 2.75) is 13.8 Å². The van der Waals surface area contributed by atoms with Crippen molar-refractivity contribution in [1.29, 1.82) is 0 Å². The van der Waals surface area contributed by atoms with Gasteiger partial charge in [-0.2, -0.15) is 0 Å². The third-order valence-corrected chi connectivity index (χ3v) is 4.55. The zero-order valence-corrected chi connectivity index (χ0v) is 15.4. The molecule has 4 rings (SSSR count). The van der Waals surface area contributed by atoms with Crippen molar-refractivity contribution in [2.24, 2.45) is 0 Å². The van der Waals surface area contributed by atoms with Gasteiger partial charge in [0.2, 0.25) is 5.95 Å². The smallest absolute Gasteiger partial charge is 0.230 e. The Labute approximate surface area is 157 Å². The van der Waals surface area contributed by atoms with E-state index in [-0.39, 0.29) is 5.78 Å². The van der Waals surface area contributed by atoms with Crippen LogP contribution >= 0.6 is 0 Å². The number of aromatic nitrogens is 4. The number of nitrogens with zero attached hydrogens (tertiary/aromatic N) is 5. The number of imidazole rings is 1. The zero-order valence-electron chi connectivity index (χ0n) is 15.4. The third-order valence-electron chi connectivity index (χ3n) is 4.55. The summed E-state index contributed by atoms with van der Waals surface area (Å²) >= 11 is 0. The van der Waals surface area contributed by atoms with Crippen molar-refractivity contribution in [3.05, 3.63) is 72.2 Å². The lowest BCUT2D eigenvalue weighted by Gasteiger charge is -2.18. The highest BCUT2D eigenvalue weighted by Gasteiger charge is 2.14. The molecule has 0 unspecified atom stereocenters. The number of anilines is 2. The topological polar surface area (TPSA) is 63.4 Å². The number of carbonyl (C=O) groups is 1. The van der Waals surface area contributed by atoms with Gasteiger partial charge in [0.25, 0.3) is 0 Å². The maximum atomic E-state index is 11.5. The van der Waals surface area contributed by atoms with E-state index in [9.17, 15) is 4.79 Å². The van der Waals surface area contributed by atoms with Gasteiger partial charge in [-0.1, -0.05) is 6.07 Å². The van der Waals surface area contributed by atoms with Gasteiger partial charge in [0.1, 0.15) is 5.65 Å². The maximum absolute atomic E-state index is 11.5. The molecule has 0 aliphatic carbocycles. The molecule has 0 amide bonds. The Hall–Kier alpha value is -3.54. The summed E-state index contributed by atoms with van der Waals surface area (Å²) in [6.07, 6.45) is 3.73. The minimum Gasteiger partial charge on any atom is -0.314 e. The van der Waals surface area contributed by atoms with E-state index in [1.165, 1.54) is 0 Å². The highest BCUT2D eigenvalue weighted by Crippen LogP contribution is 2.26. The van der Waals surface area contributed by atoms with E-state index >= 15 is 0 Å². The van der Waals surface area contributed by atoms with Crippen LogP contribution in [0.5, 0.6) is 0 Å². The van der Waals surface area contributed by atoms with Gasteiger partial charge in [-0.25, -0.2) is 15.0 Å². The lowest BCUT2D eigenvalue weighted by Crippen LogP contribution is -2.13. The minimum atomic E-state index is 0.0468. The molecule has 6 heteroatoms. The van der Waals surface area contributed by atoms with Crippen LogP contribution in [-0.2, 0) is 0 Å². The van der Waals surface area contributed by atoms with E-state index in [0.717, 1.165) is 28.4 Å². The second-order valence-electron chi connectivity index (χ2n) is 6.38. The largest absolute Gasteiger partial charge is 0.314 e. The summed E-state index contributed by atoms with van der Waals surface area (Å²) in [5.41, 5.74) is 5.16. The summed E-state index contributed by atoms with van der Waals surface area (Å²) in [5.74, 6) is 0.624. The monoisotopic (exact) mass is 357 g/mol. The molecule has 0 N–H and O–H groups in total. The second kappa shape index (κ2) is 6.64. The molecule has 0 saturated carbocycles. The minimum absolute atomic E-state index is 0.0468. The van der Waals surface area contributed by atoms with Gasteiger partial charge in [0.05, 0.1) is 17.1 Å². The summed E-state index contributed by atoms with van der Waals surface area (Å²) in [6, 6.07) is 15.2. The van der Waals surface area contributed by atoms with E-state index < -0.39 is 0 Å². The average molecular weight is 357 g/mol. The first-order valence-corrected chi connectivity index (χ1v) is 8.66. The number of carbonyl (C=O) groups excluding carboxylic acids is 1. The number of benzene rings is 1. The number of fused-ring (bicyclic) bond motifs is 1. The molecule has 0 aliphatic heterocycles. The molecule has 4 aromatic rings. The molecule has 0 spiro atoms. The Bertz CT molecular complexity index is 1130. The lowest BCUT2D eigenvalue weighted by molar-refractivity contribution is 0.101. The Kier molecular flexibility index (Phi) is 4.16. The fourth-order valence-corrected chi connectivity index (χ4v) is 3.10. The number of aryl methyl sites for hydroxylation is 1. The number of pyridine rings is 1. The molecule has 134 valence electrons. The molecule has 6 nitrogen and oxygen atoms in total. The molecular formula is C21H19N5O. The molecule has 1 aromatic carbocycles. The van der Waals surface area contributed by atoms with Crippen LogP contribution in [0, 0.1) is 6.92 Å². The summed E-state index contributed by atoms with van der Waals surface area (Å²) < 4.78 is 2.03. The van der Waals surface area contributed by atoms with Gasteiger partial charge >= 0.3 is 0 Å². The molecule has 27 heavy (non-hydrogen) atoms. The predicted octanol–water partition coefficient (Wildman–Crippen LogP) is 4.07. The highest BCUT2D eigenvalue weighted by atomic mass is 16.1. The number of hydrogen-bond acceptors (Lipinski definition) is 5. The average Bonchev–Trinajstić information content (AvgIpc) is 3.03. The van der Waals surface area contributed by atoms with Crippen molar-refractivity contribution in [2.75, 3.05) is 11.9 Å². The number of hydrogen-bond donors (Lipinski definition) is 0. The number of rotatable bonds is 4. The van der Waals surface area contributed by atoms with Crippen molar-refractivity contribution >= 4 is 23.1 Å². The molecule has 0 fully saturated rings. The fraction of sp³-hybridized carbons (Fsp3) is 0.143. The molecule has 3 heterocycles. The van der Waals surface area contributed by atoms with Crippen LogP contribution in [0.3, 0.4) is 0 Å². The highest BCUT2D eigenvalue weighted by molar-refractivity contribution is 5.94. The van der Waals surface area contributed by atoms with Gasteiger partial charge in [0.15, 0.2) is 5.78 Å². The fourth-order valence-electron chi connectivity index (χ4n) is 3.10. The summed E-state index contributed by atoms with van der Waals surface area (Å²) in [6.45, 7) is 3.54. The lowest BCUT2D eigenvalue weighted by atomic mass is 10.1. The quantitative estimate of drug-likeness (QED) is 0.515. The Morgan fingerprint density at radius 3 is 2.56 bits per heavy atom. The van der Waals surface area contributed by atoms with E-state index in [1.807, 2.05) is 78.0 Å². The van der Waals surface area contributed by atoms with Crippen molar-refractivity contribution < 1.29 is 4.79 Å². The Balaban J connectivity index is 1.74. The van der Waals surface area contributed by atoms with Gasteiger partial charge in [-0.3, -0.25) is 9.20 Å². The van der Waals surface area contributed by atoms with Crippen molar-refractivity contribution in [3.63, 3.8) is 0 Å². The van der Waals surface area contributed by atoms with Crippen LogP contribution in [-0.4, -0.2) is 32.2 Å². The normalized spacial score (nSPS) is 10.9. The second-order valence-corrected chi connectivity index (χ2v) is 6.38. The van der Waals surface area contributed by atoms with Crippen molar-refractivity contribution in [1.82, 2.24) is 19.4 Å². The molecule has 0 atom stereocenters. The number of ketones is 1. The van der Waals surface area contributed by atoms with Crippen LogP contribution in [0.4, 0.5) is 11.6 Å². The van der Waals surface area contributed by atoms with E-state index in [0.29, 0.717) is 11.5 Å². The van der Waals surface area contributed by atoms with Crippen LogP contribution < -0.4 is 4.90 Å². The first-order chi connectivity index (χ1) is 13.0. The molecule has 0 radical (unpaired) electrons. The van der Waals surface area contributed by atoms with Gasteiger partial charge in [0, 0.05) is 30.7 Å². The third kappa shape index (κ3) is 3.06. The summed E-state index contributed by atoms with van der Waals surface area (Å²) in [7, 11) is 1.91. The van der Waals surface area contributed by atoms with Gasteiger partial charge in [-0.15, -0.1) is 0 Å². The first-order valence-electron chi connectivity index (χ1n) is 8.66. The van der Waals surface area contributed by atoms with E-state index in [2.05, 4.69) is 9.97 Å². The molecular weight excluding hydrogens is 338 g/mol. The molecule has 0 saturated heterocycles. The zero-order chi connectivity index (χ0) is 19.0. The molecule has 3 aromatic heterocycles. The van der Waals surface area contributed by atoms with E-state index in [1.54, 1.807) is 13.1 Å². The van der Waals surface area contributed by atoms with Crippen LogP contribution in [0.1, 0.15) is 23.0 Å². The Morgan fingerprint density at radius 1 is 1.04 bits per heavy atom. The SMILES string of the molecule is CC(=O)c1ccc(N(C)c2nccc(-c3c(C)nc4ccccn34)n2)cc1. The molecule has 0 bridgehead atoms. The van der Waals surface area contributed by atoms with Crippen LogP contribution in [0.25, 0.3) is 17.0 Å². The Morgan fingerprint density at radius 2 is 1.81 bits per heavy atom. The van der Waals surface area contributed by atoms with Crippen LogP contribution in [0.2, 0.25) is 0 Å².